The number of carbonyl (C=O) groups excluding carboxylic acids is 1. The number of benzene rings is 2. The van der Waals surface area contributed by atoms with Gasteiger partial charge in [0.2, 0.25) is 5.82 Å². The Bertz CT molecular complexity index is 938. The third kappa shape index (κ3) is 3.84. The number of amides is 2. The number of aromatic nitrogens is 2. The second-order valence-electron chi connectivity index (χ2n) is 5.10. The van der Waals surface area contributed by atoms with Gasteiger partial charge >= 0.3 is 6.03 Å². The van der Waals surface area contributed by atoms with E-state index in [0.717, 1.165) is 0 Å². The molecule has 3 rings (SSSR count). The fraction of sp³-hybridized carbons (Fsp3) is 0.0556. The van der Waals surface area contributed by atoms with Crippen LogP contribution in [0.2, 0.25) is 0 Å². The molecule has 0 spiro atoms. The van der Waals surface area contributed by atoms with Gasteiger partial charge in [-0.05, 0) is 24.3 Å². The Labute approximate surface area is 143 Å². The van der Waals surface area contributed by atoms with Gasteiger partial charge in [0.15, 0.2) is 0 Å². The minimum Gasteiger partial charge on any atom is -0.497 e. The number of hydrogen-bond acceptors (Lipinski definition) is 4. The summed E-state index contributed by atoms with van der Waals surface area (Å²) in [7, 11) is 1.54. The quantitative estimate of drug-likeness (QED) is 0.767. The van der Waals surface area contributed by atoms with E-state index in [4.69, 9.17) is 4.74 Å². The highest BCUT2D eigenvalue weighted by molar-refractivity contribution is 5.99. The molecule has 0 saturated heterocycles. The molecule has 3 aromatic rings. The van der Waals surface area contributed by atoms with Crippen LogP contribution in [0.1, 0.15) is 0 Å². The van der Waals surface area contributed by atoms with Crippen LogP contribution in [-0.4, -0.2) is 22.7 Å². The Hall–Kier alpha value is -3.61. The summed E-state index contributed by atoms with van der Waals surface area (Å²) in [6, 6.07) is 15.4. The number of carbonyl (C=O) groups is 1. The largest absolute Gasteiger partial charge is 0.497 e. The normalized spacial score (nSPS) is 10.1. The zero-order valence-electron chi connectivity index (χ0n) is 13.5. The molecule has 7 nitrogen and oxygen atoms in total. The lowest BCUT2D eigenvalue weighted by Crippen LogP contribution is -2.28. The molecule has 0 bridgehead atoms. The Morgan fingerprint density at radius 1 is 1.08 bits per heavy atom. The molecule has 0 saturated carbocycles. The van der Waals surface area contributed by atoms with E-state index in [1.54, 1.807) is 49.7 Å². The summed E-state index contributed by atoms with van der Waals surface area (Å²) in [5, 5.41) is 5.10. The van der Waals surface area contributed by atoms with E-state index in [1.807, 2.05) is 18.2 Å². The first-order chi connectivity index (χ1) is 12.2. The summed E-state index contributed by atoms with van der Waals surface area (Å²) in [6.45, 7) is 0. The maximum atomic E-state index is 12.5. The van der Waals surface area contributed by atoms with Crippen LogP contribution in [0.3, 0.4) is 0 Å². The van der Waals surface area contributed by atoms with Gasteiger partial charge in [0, 0.05) is 29.8 Å². The first-order valence-electron chi connectivity index (χ1n) is 7.52. The Balaban J connectivity index is 1.79. The van der Waals surface area contributed by atoms with Crippen molar-refractivity contribution in [3.8, 4) is 11.4 Å². The van der Waals surface area contributed by atoms with Gasteiger partial charge in [-0.25, -0.2) is 9.78 Å². The number of hydrogen-bond donors (Lipinski definition) is 2. The summed E-state index contributed by atoms with van der Waals surface area (Å²) in [4.78, 5) is 28.6. The Morgan fingerprint density at radius 3 is 2.64 bits per heavy atom. The fourth-order valence-electron chi connectivity index (χ4n) is 2.26. The molecule has 2 aromatic carbocycles. The van der Waals surface area contributed by atoms with Gasteiger partial charge < -0.3 is 10.1 Å². The predicted molar refractivity (Wildman–Crippen MR) is 95.5 cm³/mol. The van der Waals surface area contributed by atoms with Gasteiger partial charge in [0.25, 0.3) is 5.56 Å². The number of nitrogens with one attached hydrogen (secondary N) is 2. The second-order valence-corrected chi connectivity index (χ2v) is 5.10. The molecular weight excluding hydrogens is 320 g/mol. The highest BCUT2D eigenvalue weighted by Crippen LogP contribution is 2.16. The lowest BCUT2D eigenvalue weighted by molar-refractivity contribution is 0.262. The number of para-hydroxylation sites is 1. The van der Waals surface area contributed by atoms with Crippen LogP contribution in [0.25, 0.3) is 5.69 Å². The first kappa shape index (κ1) is 16.3. The third-order valence-electron chi connectivity index (χ3n) is 3.43. The van der Waals surface area contributed by atoms with Crippen molar-refractivity contribution in [3.05, 3.63) is 77.3 Å². The van der Waals surface area contributed by atoms with Crippen molar-refractivity contribution in [2.45, 2.75) is 0 Å². The molecule has 0 unspecified atom stereocenters. The van der Waals surface area contributed by atoms with E-state index in [0.29, 0.717) is 17.1 Å². The van der Waals surface area contributed by atoms with Gasteiger partial charge in [0.1, 0.15) is 5.75 Å². The molecule has 0 atom stereocenters. The molecule has 0 aliphatic carbocycles. The average molecular weight is 336 g/mol. The van der Waals surface area contributed by atoms with Gasteiger partial charge in [-0.2, -0.15) is 0 Å². The van der Waals surface area contributed by atoms with Gasteiger partial charge in [-0.1, -0.05) is 24.3 Å². The number of ether oxygens (including phenoxy) is 1. The Kier molecular flexibility index (Phi) is 4.75. The van der Waals surface area contributed by atoms with Crippen molar-refractivity contribution >= 4 is 17.5 Å². The van der Waals surface area contributed by atoms with Crippen LogP contribution in [0, 0.1) is 0 Å². The van der Waals surface area contributed by atoms with Crippen LogP contribution >= 0.6 is 0 Å². The van der Waals surface area contributed by atoms with Crippen LogP contribution in [-0.2, 0) is 0 Å². The number of urea groups is 1. The fourth-order valence-corrected chi connectivity index (χ4v) is 2.26. The van der Waals surface area contributed by atoms with Crippen molar-refractivity contribution in [2.24, 2.45) is 0 Å². The van der Waals surface area contributed by atoms with Crippen molar-refractivity contribution in [3.63, 3.8) is 0 Å². The second kappa shape index (κ2) is 7.31. The number of rotatable bonds is 4. The molecule has 0 aliphatic rings. The maximum absolute atomic E-state index is 12.5. The van der Waals surface area contributed by atoms with E-state index >= 15 is 0 Å². The molecular formula is C18H16N4O3. The highest BCUT2D eigenvalue weighted by atomic mass is 16.5. The summed E-state index contributed by atoms with van der Waals surface area (Å²) in [5.74, 6) is 0.550. The van der Waals surface area contributed by atoms with Crippen LogP contribution in [0.15, 0.2) is 71.8 Å². The molecule has 1 aromatic heterocycles. The van der Waals surface area contributed by atoms with E-state index in [-0.39, 0.29) is 5.82 Å². The topological polar surface area (TPSA) is 85.2 Å². The predicted octanol–water partition coefficient (Wildman–Crippen LogP) is 2.89. The zero-order chi connectivity index (χ0) is 17.6. The summed E-state index contributed by atoms with van der Waals surface area (Å²) in [5.41, 5.74) is 0.803. The van der Waals surface area contributed by atoms with Crippen LogP contribution in [0.4, 0.5) is 16.3 Å². The van der Waals surface area contributed by atoms with Crippen molar-refractivity contribution in [1.29, 1.82) is 0 Å². The van der Waals surface area contributed by atoms with Crippen molar-refractivity contribution in [1.82, 2.24) is 9.55 Å². The standard InChI is InChI=1S/C18H16N4O3/c1-25-15-9-5-6-13(12-15)20-18(24)21-16-17(23)22(11-10-19-16)14-7-3-2-4-8-14/h2-12H,1H3,(H2,19,20,21,24). The minimum absolute atomic E-state index is 0.0632. The minimum atomic E-state index is -0.566. The SMILES string of the molecule is COc1cccc(NC(=O)Nc2nccn(-c3ccccc3)c2=O)c1. The summed E-state index contributed by atoms with van der Waals surface area (Å²) >= 11 is 0. The van der Waals surface area contributed by atoms with Gasteiger partial charge in [0.05, 0.1) is 7.11 Å². The van der Waals surface area contributed by atoms with Crippen LogP contribution in [0.5, 0.6) is 5.75 Å². The molecule has 2 N–H and O–H groups in total. The van der Waals surface area contributed by atoms with E-state index in [9.17, 15) is 9.59 Å². The van der Waals surface area contributed by atoms with Crippen LogP contribution < -0.4 is 20.9 Å². The van der Waals surface area contributed by atoms with E-state index in [1.165, 1.54) is 10.8 Å². The molecule has 126 valence electrons. The lowest BCUT2D eigenvalue weighted by atomic mass is 10.3. The van der Waals surface area contributed by atoms with Gasteiger partial charge in [-0.3, -0.25) is 14.7 Å². The number of methoxy groups -OCH3 is 1. The molecule has 1 heterocycles. The molecule has 0 fully saturated rings. The highest BCUT2D eigenvalue weighted by Gasteiger charge is 2.10. The maximum Gasteiger partial charge on any atom is 0.325 e. The average Bonchev–Trinajstić information content (AvgIpc) is 2.64. The lowest BCUT2D eigenvalue weighted by Gasteiger charge is -2.10. The van der Waals surface area contributed by atoms with Gasteiger partial charge in [-0.15, -0.1) is 0 Å². The molecule has 7 heteroatoms. The van der Waals surface area contributed by atoms with E-state index in [2.05, 4.69) is 15.6 Å². The summed E-state index contributed by atoms with van der Waals surface area (Å²) in [6.07, 6.45) is 3.00. The molecule has 2 amide bonds. The summed E-state index contributed by atoms with van der Waals surface area (Å²) < 4.78 is 6.51. The molecule has 25 heavy (non-hydrogen) atoms. The van der Waals surface area contributed by atoms with Crippen molar-refractivity contribution in [2.75, 3.05) is 17.7 Å². The third-order valence-corrected chi connectivity index (χ3v) is 3.43. The molecule has 0 radical (unpaired) electrons. The number of nitrogens with zero attached hydrogens (tertiary/aromatic N) is 2. The van der Waals surface area contributed by atoms with E-state index < -0.39 is 11.6 Å². The zero-order valence-corrected chi connectivity index (χ0v) is 13.5. The monoisotopic (exact) mass is 336 g/mol. The number of anilines is 2. The Morgan fingerprint density at radius 2 is 1.88 bits per heavy atom. The molecule has 0 aliphatic heterocycles. The first-order valence-corrected chi connectivity index (χ1v) is 7.52. The van der Waals surface area contributed by atoms with Crippen molar-refractivity contribution < 1.29 is 9.53 Å². The smallest absolute Gasteiger partial charge is 0.325 e.